The van der Waals surface area contributed by atoms with E-state index in [0.717, 1.165) is 0 Å². The van der Waals surface area contributed by atoms with Crippen molar-refractivity contribution in [2.75, 3.05) is 0 Å². The Morgan fingerprint density at radius 3 is 2.68 bits per heavy atom. The molecule has 1 atom stereocenters. The van der Waals surface area contributed by atoms with Crippen molar-refractivity contribution in [3.63, 3.8) is 0 Å². The second-order valence-corrected chi connectivity index (χ2v) is 6.15. The number of hydrogen-bond donors (Lipinski definition) is 0. The SMILES string of the molecule is C1=CCC(C2(C3C=Cc4ccccc43)CCCC2)=C1. The largest absolute Gasteiger partial charge is 0.0804 e. The molecule has 0 aromatic heterocycles. The van der Waals surface area contributed by atoms with Crippen LogP contribution >= 0.6 is 0 Å². The molecule has 19 heavy (non-hydrogen) atoms. The highest BCUT2D eigenvalue weighted by molar-refractivity contribution is 5.64. The summed E-state index contributed by atoms with van der Waals surface area (Å²) >= 11 is 0. The molecule has 0 aliphatic heterocycles. The average molecular weight is 248 g/mol. The molecular formula is C19H20. The van der Waals surface area contributed by atoms with Crippen molar-refractivity contribution in [3.05, 3.63) is 65.3 Å². The van der Waals surface area contributed by atoms with Crippen LogP contribution in [0.4, 0.5) is 0 Å². The molecule has 1 aromatic rings. The first-order chi connectivity index (χ1) is 9.40. The van der Waals surface area contributed by atoms with Gasteiger partial charge < -0.3 is 0 Å². The summed E-state index contributed by atoms with van der Waals surface area (Å²) < 4.78 is 0. The van der Waals surface area contributed by atoms with Gasteiger partial charge in [0, 0.05) is 11.3 Å². The Kier molecular flexibility index (Phi) is 2.51. The Bertz CT molecular complexity index is 580. The Morgan fingerprint density at radius 1 is 1.05 bits per heavy atom. The van der Waals surface area contributed by atoms with E-state index in [4.69, 9.17) is 0 Å². The molecule has 0 bridgehead atoms. The predicted molar refractivity (Wildman–Crippen MR) is 81.0 cm³/mol. The molecule has 1 fully saturated rings. The van der Waals surface area contributed by atoms with Crippen LogP contribution in [0.5, 0.6) is 0 Å². The molecule has 3 aliphatic carbocycles. The van der Waals surface area contributed by atoms with Crippen molar-refractivity contribution >= 4 is 6.08 Å². The van der Waals surface area contributed by atoms with Crippen molar-refractivity contribution in [1.29, 1.82) is 0 Å². The maximum Gasteiger partial charge on any atom is 0.0121 e. The van der Waals surface area contributed by atoms with Crippen molar-refractivity contribution in [1.82, 2.24) is 0 Å². The zero-order valence-corrected chi connectivity index (χ0v) is 11.3. The summed E-state index contributed by atoms with van der Waals surface area (Å²) in [4.78, 5) is 0. The molecule has 0 heterocycles. The van der Waals surface area contributed by atoms with Crippen molar-refractivity contribution in [2.24, 2.45) is 5.41 Å². The third-order valence-corrected chi connectivity index (χ3v) is 5.30. The molecule has 0 heteroatoms. The van der Waals surface area contributed by atoms with Gasteiger partial charge in [-0.2, -0.15) is 0 Å². The van der Waals surface area contributed by atoms with Gasteiger partial charge in [0.15, 0.2) is 0 Å². The molecule has 0 radical (unpaired) electrons. The highest BCUT2D eigenvalue weighted by atomic mass is 14.5. The van der Waals surface area contributed by atoms with Gasteiger partial charge in [0.2, 0.25) is 0 Å². The number of allylic oxidation sites excluding steroid dienone is 5. The van der Waals surface area contributed by atoms with Gasteiger partial charge in [-0.05, 0) is 30.4 Å². The highest BCUT2D eigenvalue weighted by Crippen LogP contribution is 2.57. The van der Waals surface area contributed by atoms with Gasteiger partial charge in [-0.25, -0.2) is 0 Å². The molecule has 0 saturated heterocycles. The summed E-state index contributed by atoms with van der Waals surface area (Å²) in [5.74, 6) is 0.609. The summed E-state index contributed by atoms with van der Waals surface area (Å²) in [6, 6.07) is 8.95. The fourth-order valence-electron chi connectivity index (χ4n) is 4.39. The maximum absolute atomic E-state index is 2.47. The van der Waals surface area contributed by atoms with Crippen molar-refractivity contribution < 1.29 is 0 Å². The molecule has 0 spiro atoms. The fourth-order valence-corrected chi connectivity index (χ4v) is 4.39. The van der Waals surface area contributed by atoms with Crippen LogP contribution < -0.4 is 0 Å². The van der Waals surface area contributed by atoms with E-state index >= 15 is 0 Å². The lowest BCUT2D eigenvalue weighted by atomic mass is 9.66. The minimum atomic E-state index is 0.409. The average Bonchev–Trinajstić information content (AvgIpc) is 3.18. The Morgan fingerprint density at radius 2 is 1.89 bits per heavy atom. The fraction of sp³-hybridized carbons (Fsp3) is 0.368. The topological polar surface area (TPSA) is 0 Å². The molecular weight excluding hydrogens is 228 g/mol. The van der Waals surface area contributed by atoms with Crippen LogP contribution in [0.2, 0.25) is 0 Å². The Balaban J connectivity index is 1.79. The molecule has 0 N–H and O–H groups in total. The van der Waals surface area contributed by atoms with E-state index < -0.39 is 0 Å². The van der Waals surface area contributed by atoms with Crippen LogP contribution in [-0.4, -0.2) is 0 Å². The van der Waals surface area contributed by atoms with Crippen LogP contribution in [0.15, 0.2) is 54.1 Å². The van der Waals surface area contributed by atoms with E-state index in [2.05, 4.69) is 54.6 Å². The minimum Gasteiger partial charge on any atom is -0.0804 e. The maximum atomic E-state index is 2.47. The second kappa shape index (κ2) is 4.23. The predicted octanol–water partition coefficient (Wildman–Crippen LogP) is 5.24. The first-order valence-electron chi connectivity index (χ1n) is 7.53. The lowest BCUT2D eigenvalue weighted by Crippen LogP contribution is -2.26. The van der Waals surface area contributed by atoms with E-state index in [1.165, 1.54) is 37.7 Å². The molecule has 1 saturated carbocycles. The summed E-state index contributed by atoms with van der Waals surface area (Å²) in [6.45, 7) is 0. The quantitative estimate of drug-likeness (QED) is 0.671. The zero-order chi connectivity index (χ0) is 12.7. The van der Waals surface area contributed by atoms with Gasteiger partial charge in [-0.3, -0.25) is 0 Å². The second-order valence-electron chi connectivity index (χ2n) is 6.15. The third-order valence-electron chi connectivity index (χ3n) is 5.30. The Labute approximate surface area is 115 Å². The van der Waals surface area contributed by atoms with E-state index in [-0.39, 0.29) is 0 Å². The van der Waals surface area contributed by atoms with Gasteiger partial charge in [0.1, 0.15) is 0 Å². The van der Waals surface area contributed by atoms with Crippen LogP contribution in [-0.2, 0) is 0 Å². The number of rotatable bonds is 2. The molecule has 1 unspecified atom stereocenters. The monoisotopic (exact) mass is 248 g/mol. The molecule has 96 valence electrons. The first kappa shape index (κ1) is 11.3. The lowest BCUT2D eigenvalue weighted by molar-refractivity contribution is 0.325. The summed E-state index contributed by atoms with van der Waals surface area (Å²) in [6.07, 6.45) is 18.5. The van der Waals surface area contributed by atoms with Gasteiger partial charge >= 0.3 is 0 Å². The van der Waals surface area contributed by atoms with Crippen LogP contribution in [0.25, 0.3) is 6.08 Å². The normalized spacial score (nSPS) is 26.7. The van der Waals surface area contributed by atoms with Gasteiger partial charge in [0.05, 0.1) is 0 Å². The third kappa shape index (κ3) is 1.59. The van der Waals surface area contributed by atoms with Gasteiger partial charge in [-0.1, -0.05) is 73.1 Å². The van der Waals surface area contributed by atoms with Crippen molar-refractivity contribution in [2.45, 2.75) is 38.0 Å². The van der Waals surface area contributed by atoms with Crippen LogP contribution in [0.1, 0.15) is 49.1 Å². The highest BCUT2D eigenvalue weighted by Gasteiger charge is 2.45. The van der Waals surface area contributed by atoms with Gasteiger partial charge in [0.25, 0.3) is 0 Å². The van der Waals surface area contributed by atoms with Gasteiger partial charge in [-0.15, -0.1) is 0 Å². The smallest absolute Gasteiger partial charge is 0.0121 e. The molecule has 0 amide bonds. The van der Waals surface area contributed by atoms with E-state index in [0.29, 0.717) is 11.3 Å². The standard InChI is InChI=1S/C19H20/c1-4-10-17-15(7-1)11-12-18(17)19(13-5-6-14-19)16-8-2-3-9-16/h1-4,7-8,10-12,18H,5-6,9,13-14H2. The lowest BCUT2D eigenvalue weighted by Gasteiger charge is -2.37. The molecule has 1 aromatic carbocycles. The zero-order valence-electron chi connectivity index (χ0n) is 11.3. The summed E-state index contributed by atoms with van der Waals surface area (Å²) in [7, 11) is 0. The molecule has 3 aliphatic rings. The number of hydrogen-bond acceptors (Lipinski definition) is 0. The summed E-state index contributed by atoms with van der Waals surface area (Å²) in [5, 5.41) is 0. The van der Waals surface area contributed by atoms with Crippen molar-refractivity contribution in [3.8, 4) is 0 Å². The summed E-state index contributed by atoms with van der Waals surface area (Å²) in [5.41, 5.74) is 5.07. The molecule has 0 nitrogen and oxygen atoms in total. The van der Waals surface area contributed by atoms with Crippen LogP contribution in [0, 0.1) is 5.41 Å². The minimum absolute atomic E-state index is 0.409. The van der Waals surface area contributed by atoms with E-state index in [9.17, 15) is 0 Å². The Hall–Kier alpha value is -1.56. The molecule has 4 rings (SSSR count). The number of benzene rings is 1. The first-order valence-corrected chi connectivity index (χ1v) is 7.53. The van der Waals surface area contributed by atoms with E-state index in [1.54, 1.807) is 11.1 Å². The van der Waals surface area contributed by atoms with E-state index in [1.807, 2.05) is 0 Å². The van der Waals surface area contributed by atoms with Crippen LogP contribution in [0.3, 0.4) is 0 Å². The number of fused-ring (bicyclic) bond motifs is 1.